The first-order chi connectivity index (χ1) is 8.97. The molecule has 1 saturated carbocycles. The number of carbonyl (C=O) groups excluding carboxylic acids is 2. The summed E-state index contributed by atoms with van der Waals surface area (Å²) in [6, 6.07) is 0. The number of esters is 1. The molecule has 1 heterocycles. The Morgan fingerprint density at radius 3 is 2.68 bits per heavy atom. The molecule has 2 fully saturated rings. The molecule has 4 nitrogen and oxygen atoms in total. The van der Waals surface area contributed by atoms with E-state index >= 15 is 0 Å². The zero-order valence-electron chi connectivity index (χ0n) is 12.1. The van der Waals surface area contributed by atoms with E-state index in [9.17, 15) is 9.59 Å². The maximum absolute atomic E-state index is 12.1. The van der Waals surface area contributed by atoms with Crippen LogP contribution in [0, 0.1) is 23.7 Å². The van der Waals surface area contributed by atoms with E-state index in [2.05, 4.69) is 26.1 Å². The van der Waals surface area contributed by atoms with Gasteiger partial charge in [-0.2, -0.15) is 0 Å². The lowest BCUT2D eigenvalue weighted by molar-refractivity contribution is -0.160. The van der Waals surface area contributed by atoms with Gasteiger partial charge in [-0.3, -0.25) is 9.59 Å². The lowest BCUT2D eigenvalue weighted by Gasteiger charge is -2.37. The topological polar surface area (TPSA) is 55.4 Å². The van der Waals surface area contributed by atoms with E-state index in [0.717, 1.165) is 12.8 Å². The summed E-state index contributed by atoms with van der Waals surface area (Å²) in [6.07, 6.45) is 3.64. The first-order valence-corrected chi connectivity index (χ1v) is 7.44. The average Bonchev–Trinajstić information content (AvgIpc) is 2.75. The average molecular weight is 267 g/mol. The number of carbonyl (C=O) groups is 2. The van der Waals surface area contributed by atoms with Gasteiger partial charge in [-0.15, -0.1) is 0 Å². The molecule has 1 aliphatic carbocycles. The molecule has 0 spiro atoms. The van der Waals surface area contributed by atoms with E-state index in [1.165, 1.54) is 6.42 Å². The Hall–Kier alpha value is -1.06. The molecule has 0 aromatic carbocycles. The Balaban J connectivity index is 1.94. The van der Waals surface area contributed by atoms with Crippen LogP contribution >= 0.6 is 0 Å². The largest absolute Gasteiger partial charge is 0.462 e. The van der Waals surface area contributed by atoms with Crippen molar-refractivity contribution in [1.82, 2.24) is 5.32 Å². The van der Waals surface area contributed by atoms with Gasteiger partial charge in [0.15, 0.2) is 0 Å². The van der Waals surface area contributed by atoms with Crippen LogP contribution in [0.15, 0.2) is 0 Å². The van der Waals surface area contributed by atoms with Gasteiger partial charge in [0.1, 0.15) is 6.10 Å². The number of hydrogen-bond acceptors (Lipinski definition) is 3. The highest BCUT2D eigenvalue weighted by Crippen LogP contribution is 2.35. The first kappa shape index (κ1) is 14.4. The number of ether oxygens (including phenoxy) is 1. The van der Waals surface area contributed by atoms with E-state index in [4.69, 9.17) is 4.74 Å². The lowest BCUT2D eigenvalue weighted by Crippen LogP contribution is -2.37. The summed E-state index contributed by atoms with van der Waals surface area (Å²) < 4.78 is 5.74. The quantitative estimate of drug-likeness (QED) is 0.797. The van der Waals surface area contributed by atoms with Crippen LogP contribution in [0.1, 0.15) is 46.5 Å². The summed E-state index contributed by atoms with van der Waals surface area (Å²) >= 11 is 0. The summed E-state index contributed by atoms with van der Waals surface area (Å²) in [5, 5.41) is 2.69. The number of nitrogens with one attached hydrogen (secondary N) is 1. The van der Waals surface area contributed by atoms with Gasteiger partial charge in [-0.25, -0.2) is 0 Å². The van der Waals surface area contributed by atoms with Crippen LogP contribution < -0.4 is 5.32 Å². The Morgan fingerprint density at radius 2 is 2.11 bits per heavy atom. The third kappa shape index (κ3) is 3.48. The number of hydrogen-bond donors (Lipinski definition) is 1. The predicted octanol–water partition coefficient (Wildman–Crippen LogP) is 2.13. The van der Waals surface area contributed by atoms with Crippen LogP contribution in [0.25, 0.3) is 0 Å². The predicted molar refractivity (Wildman–Crippen MR) is 72.3 cm³/mol. The molecule has 1 unspecified atom stereocenters. The highest BCUT2D eigenvalue weighted by Gasteiger charge is 2.36. The SMILES string of the molecule is CC(C)[C@@H]1CC[C@@H](C)C[C@H]1OC(=O)C1CNC(=O)C1. The Labute approximate surface area is 115 Å². The molecule has 0 bridgehead atoms. The summed E-state index contributed by atoms with van der Waals surface area (Å²) in [4.78, 5) is 23.3. The summed E-state index contributed by atoms with van der Waals surface area (Å²) in [5.41, 5.74) is 0. The van der Waals surface area contributed by atoms with Crippen LogP contribution in [0.4, 0.5) is 0 Å². The summed E-state index contributed by atoms with van der Waals surface area (Å²) in [6.45, 7) is 7.05. The third-order valence-corrected chi connectivity index (χ3v) is 4.54. The zero-order chi connectivity index (χ0) is 14.0. The maximum Gasteiger partial charge on any atom is 0.311 e. The second-order valence-electron chi connectivity index (χ2n) is 6.51. The van der Waals surface area contributed by atoms with Gasteiger partial charge >= 0.3 is 5.97 Å². The van der Waals surface area contributed by atoms with Crippen LogP contribution in [-0.4, -0.2) is 24.5 Å². The molecule has 1 saturated heterocycles. The molecule has 19 heavy (non-hydrogen) atoms. The van der Waals surface area contributed by atoms with Crippen LogP contribution in [0.2, 0.25) is 0 Å². The number of amides is 1. The van der Waals surface area contributed by atoms with E-state index in [1.807, 2.05) is 0 Å². The molecular weight excluding hydrogens is 242 g/mol. The second kappa shape index (κ2) is 5.93. The Morgan fingerprint density at radius 1 is 1.37 bits per heavy atom. The fraction of sp³-hybridized carbons (Fsp3) is 0.867. The van der Waals surface area contributed by atoms with Crippen molar-refractivity contribution >= 4 is 11.9 Å². The second-order valence-corrected chi connectivity index (χ2v) is 6.51. The highest BCUT2D eigenvalue weighted by atomic mass is 16.5. The smallest absolute Gasteiger partial charge is 0.311 e. The van der Waals surface area contributed by atoms with Gasteiger partial charge in [0.25, 0.3) is 0 Å². The van der Waals surface area contributed by atoms with Crippen molar-refractivity contribution in [2.24, 2.45) is 23.7 Å². The van der Waals surface area contributed by atoms with Crippen LogP contribution in [0.5, 0.6) is 0 Å². The van der Waals surface area contributed by atoms with Crippen LogP contribution in [0.3, 0.4) is 0 Å². The highest BCUT2D eigenvalue weighted by molar-refractivity contribution is 5.86. The minimum absolute atomic E-state index is 0.0342. The van der Waals surface area contributed by atoms with Crippen molar-refractivity contribution < 1.29 is 14.3 Å². The fourth-order valence-corrected chi connectivity index (χ4v) is 3.27. The van der Waals surface area contributed by atoms with Gasteiger partial charge in [-0.1, -0.05) is 27.2 Å². The standard InChI is InChI=1S/C15H25NO3/c1-9(2)12-5-4-10(3)6-13(12)19-15(18)11-7-14(17)16-8-11/h9-13H,4-8H2,1-3H3,(H,16,17)/t10-,11?,12+,13-/m1/s1. The summed E-state index contributed by atoms with van der Waals surface area (Å²) in [5.74, 6) is 1.11. The number of rotatable bonds is 3. The molecule has 1 N–H and O–H groups in total. The molecule has 0 radical (unpaired) electrons. The summed E-state index contributed by atoms with van der Waals surface area (Å²) in [7, 11) is 0. The normalized spacial score (nSPS) is 35.3. The molecular formula is C15H25NO3. The first-order valence-electron chi connectivity index (χ1n) is 7.44. The molecule has 1 aliphatic heterocycles. The zero-order valence-corrected chi connectivity index (χ0v) is 12.1. The van der Waals surface area contributed by atoms with E-state index in [1.54, 1.807) is 0 Å². The third-order valence-electron chi connectivity index (χ3n) is 4.54. The molecule has 4 atom stereocenters. The minimum atomic E-state index is -0.280. The van der Waals surface area contributed by atoms with Crippen LogP contribution in [-0.2, 0) is 14.3 Å². The van der Waals surface area contributed by atoms with Gasteiger partial charge in [0.2, 0.25) is 5.91 Å². The lowest BCUT2D eigenvalue weighted by atomic mass is 9.75. The van der Waals surface area contributed by atoms with Gasteiger partial charge in [-0.05, 0) is 30.6 Å². The monoisotopic (exact) mass is 267 g/mol. The van der Waals surface area contributed by atoms with Crippen molar-refractivity contribution in [3.05, 3.63) is 0 Å². The van der Waals surface area contributed by atoms with Crippen molar-refractivity contribution in [2.75, 3.05) is 6.54 Å². The molecule has 0 aromatic rings. The van der Waals surface area contributed by atoms with Gasteiger partial charge in [0.05, 0.1) is 5.92 Å². The fourth-order valence-electron chi connectivity index (χ4n) is 3.27. The molecule has 2 aliphatic rings. The van der Waals surface area contributed by atoms with Gasteiger partial charge < -0.3 is 10.1 Å². The van der Waals surface area contributed by atoms with Crippen molar-refractivity contribution in [3.63, 3.8) is 0 Å². The van der Waals surface area contributed by atoms with E-state index in [0.29, 0.717) is 24.3 Å². The van der Waals surface area contributed by atoms with Crippen molar-refractivity contribution in [3.8, 4) is 0 Å². The van der Waals surface area contributed by atoms with Crippen molar-refractivity contribution in [1.29, 1.82) is 0 Å². The van der Waals surface area contributed by atoms with E-state index in [-0.39, 0.29) is 30.3 Å². The molecule has 2 rings (SSSR count). The molecule has 1 amide bonds. The maximum atomic E-state index is 12.1. The molecule has 108 valence electrons. The Bertz CT molecular complexity index is 353. The van der Waals surface area contributed by atoms with Crippen molar-refractivity contribution in [2.45, 2.75) is 52.6 Å². The van der Waals surface area contributed by atoms with Gasteiger partial charge in [0, 0.05) is 13.0 Å². The van der Waals surface area contributed by atoms with E-state index < -0.39 is 0 Å². The molecule has 4 heteroatoms. The Kier molecular flexibility index (Phi) is 4.48. The molecule has 0 aromatic heterocycles. The minimum Gasteiger partial charge on any atom is -0.462 e.